The van der Waals surface area contributed by atoms with Crippen LogP contribution >= 0.6 is 0 Å². The first kappa shape index (κ1) is 26.7. The van der Waals surface area contributed by atoms with Crippen LogP contribution in [0.5, 0.6) is 11.5 Å². The van der Waals surface area contributed by atoms with Crippen molar-refractivity contribution >= 4 is 22.9 Å². The van der Waals surface area contributed by atoms with E-state index in [1.165, 1.54) is 51.2 Å². The molecule has 0 aliphatic rings. The molecule has 0 radical (unpaired) electrons. The van der Waals surface area contributed by atoms with E-state index >= 15 is 0 Å². The van der Waals surface area contributed by atoms with E-state index in [-0.39, 0.29) is 11.6 Å². The first-order valence-electron chi connectivity index (χ1n) is 11.9. The smallest absolute Gasteiger partial charge is 0.187 e. The summed E-state index contributed by atoms with van der Waals surface area (Å²) >= 11 is 0. The van der Waals surface area contributed by atoms with E-state index < -0.39 is 0 Å². The number of carbonyl (C=O) groups excluding carboxylic acids is 2. The fourth-order valence-corrected chi connectivity index (χ4v) is 3.24. The number of ether oxygens (including phenoxy) is 2. The Hall–Kier alpha value is -3.54. The normalized spacial score (nSPS) is 11.0. The van der Waals surface area contributed by atoms with Crippen LogP contribution in [0.2, 0.25) is 0 Å². The Bertz CT molecular complexity index is 965. The molecule has 2 N–H and O–H groups in total. The number of carbonyl (C=O) groups is 2. The third-order valence-electron chi connectivity index (χ3n) is 5.16. The van der Waals surface area contributed by atoms with Crippen LogP contribution in [0.25, 0.3) is 0 Å². The van der Waals surface area contributed by atoms with Gasteiger partial charge < -0.3 is 20.1 Å². The second-order valence-electron chi connectivity index (χ2n) is 7.98. The molecule has 0 aliphatic carbocycles. The molecule has 0 amide bonds. The average Bonchev–Trinajstić information content (AvgIpc) is 2.84. The van der Waals surface area contributed by atoms with Gasteiger partial charge in [0.25, 0.3) is 0 Å². The minimum absolute atomic E-state index is 0.0533. The SMILES string of the molecule is CCCCCCCCOc1ccc(N/C=C/C(=O)c2ccc(OC)cc2)c(N/C=C/C(C)=O)c1. The predicted molar refractivity (Wildman–Crippen MR) is 139 cm³/mol. The van der Waals surface area contributed by atoms with Gasteiger partial charge in [-0.15, -0.1) is 0 Å². The molecule has 0 bridgehead atoms. The number of hydrogen-bond donors (Lipinski definition) is 2. The van der Waals surface area contributed by atoms with Crippen LogP contribution in [0.4, 0.5) is 11.4 Å². The molecule has 0 atom stereocenters. The summed E-state index contributed by atoms with van der Waals surface area (Å²) in [5.41, 5.74) is 2.05. The molecule has 2 aromatic rings. The van der Waals surface area contributed by atoms with Gasteiger partial charge in [0.15, 0.2) is 11.6 Å². The topological polar surface area (TPSA) is 76.7 Å². The first-order chi connectivity index (χ1) is 16.5. The fraction of sp³-hybridized carbons (Fsp3) is 0.357. The molecule has 0 heterocycles. The van der Waals surface area contributed by atoms with Gasteiger partial charge >= 0.3 is 0 Å². The van der Waals surface area contributed by atoms with E-state index in [2.05, 4.69) is 17.6 Å². The van der Waals surface area contributed by atoms with E-state index in [1.54, 1.807) is 43.8 Å². The van der Waals surface area contributed by atoms with Crippen molar-refractivity contribution in [1.29, 1.82) is 0 Å². The van der Waals surface area contributed by atoms with E-state index in [0.717, 1.165) is 23.5 Å². The summed E-state index contributed by atoms with van der Waals surface area (Å²) in [5, 5.41) is 6.25. The number of rotatable bonds is 16. The summed E-state index contributed by atoms with van der Waals surface area (Å²) in [4.78, 5) is 23.7. The predicted octanol–water partition coefficient (Wildman–Crippen LogP) is 6.76. The zero-order chi connectivity index (χ0) is 24.6. The van der Waals surface area contributed by atoms with Crippen LogP contribution < -0.4 is 20.1 Å². The second-order valence-corrected chi connectivity index (χ2v) is 7.98. The van der Waals surface area contributed by atoms with E-state index in [0.29, 0.717) is 17.9 Å². The van der Waals surface area contributed by atoms with Crippen LogP contribution in [-0.2, 0) is 4.79 Å². The summed E-state index contributed by atoms with van der Waals surface area (Å²) in [7, 11) is 1.59. The molecular formula is C28H36N2O4. The van der Waals surface area contributed by atoms with Gasteiger partial charge in [-0.25, -0.2) is 0 Å². The third-order valence-corrected chi connectivity index (χ3v) is 5.16. The van der Waals surface area contributed by atoms with Gasteiger partial charge in [0.05, 0.1) is 25.1 Å². The maximum Gasteiger partial charge on any atom is 0.187 e. The number of ketones is 2. The molecule has 0 aromatic heterocycles. The molecule has 6 heteroatoms. The van der Waals surface area contributed by atoms with Crippen molar-refractivity contribution in [3.05, 3.63) is 72.6 Å². The van der Waals surface area contributed by atoms with Gasteiger partial charge in [0, 0.05) is 30.1 Å². The zero-order valence-corrected chi connectivity index (χ0v) is 20.4. The number of anilines is 2. The van der Waals surface area contributed by atoms with Crippen molar-refractivity contribution in [3.8, 4) is 11.5 Å². The maximum absolute atomic E-state index is 12.4. The van der Waals surface area contributed by atoms with Gasteiger partial charge in [-0.05, 0) is 55.8 Å². The van der Waals surface area contributed by atoms with Crippen molar-refractivity contribution < 1.29 is 19.1 Å². The lowest BCUT2D eigenvalue weighted by Gasteiger charge is -2.13. The van der Waals surface area contributed by atoms with Gasteiger partial charge in [0.2, 0.25) is 0 Å². The number of methoxy groups -OCH3 is 1. The minimum Gasteiger partial charge on any atom is -0.497 e. The van der Waals surface area contributed by atoms with Gasteiger partial charge in [-0.1, -0.05) is 39.0 Å². The maximum atomic E-state index is 12.4. The van der Waals surface area contributed by atoms with Crippen molar-refractivity contribution in [2.75, 3.05) is 24.4 Å². The molecule has 0 saturated heterocycles. The average molecular weight is 465 g/mol. The Morgan fingerprint density at radius 1 is 0.824 bits per heavy atom. The molecule has 6 nitrogen and oxygen atoms in total. The number of nitrogens with one attached hydrogen (secondary N) is 2. The lowest BCUT2D eigenvalue weighted by Crippen LogP contribution is -2.01. The van der Waals surface area contributed by atoms with Gasteiger partial charge in [-0.2, -0.15) is 0 Å². The Morgan fingerprint density at radius 2 is 1.47 bits per heavy atom. The van der Waals surface area contributed by atoms with Crippen LogP contribution in [0.3, 0.4) is 0 Å². The summed E-state index contributed by atoms with van der Waals surface area (Å²) in [6.45, 7) is 4.37. The minimum atomic E-state index is -0.125. The molecule has 0 aliphatic heterocycles. The van der Waals surface area contributed by atoms with E-state index in [9.17, 15) is 9.59 Å². The molecule has 0 unspecified atom stereocenters. The van der Waals surface area contributed by atoms with Crippen molar-refractivity contribution in [2.45, 2.75) is 52.4 Å². The fourth-order valence-electron chi connectivity index (χ4n) is 3.24. The molecule has 0 spiro atoms. The third kappa shape index (κ3) is 9.94. The number of unbranched alkanes of at least 4 members (excludes halogenated alkanes) is 5. The Morgan fingerprint density at radius 3 is 2.18 bits per heavy atom. The molecule has 0 fully saturated rings. The van der Waals surface area contributed by atoms with E-state index in [4.69, 9.17) is 9.47 Å². The van der Waals surface area contributed by atoms with Crippen LogP contribution in [0.15, 0.2) is 67.0 Å². The van der Waals surface area contributed by atoms with Crippen molar-refractivity contribution in [1.82, 2.24) is 0 Å². The standard InChI is InChI=1S/C28H36N2O4/c1-4-5-6-7-8-9-20-34-25-14-15-26(27(21-25)30-18-16-22(2)31)29-19-17-28(32)23-10-12-24(33-3)13-11-23/h10-19,21,29-30H,4-9,20H2,1-3H3/b18-16+,19-17+. The second kappa shape index (κ2) is 15.3. The summed E-state index contributed by atoms with van der Waals surface area (Å²) < 4.78 is 11.0. The summed E-state index contributed by atoms with van der Waals surface area (Å²) in [5.74, 6) is 1.27. The highest BCUT2D eigenvalue weighted by Gasteiger charge is 2.05. The number of benzene rings is 2. The highest BCUT2D eigenvalue weighted by Crippen LogP contribution is 2.28. The Labute approximate surface area is 203 Å². The molecular weight excluding hydrogens is 428 g/mol. The van der Waals surface area contributed by atoms with Crippen LogP contribution in [0.1, 0.15) is 62.7 Å². The van der Waals surface area contributed by atoms with E-state index in [1.807, 2.05) is 18.2 Å². The van der Waals surface area contributed by atoms with Crippen molar-refractivity contribution in [2.24, 2.45) is 0 Å². The molecule has 182 valence electrons. The molecule has 2 aromatic carbocycles. The van der Waals surface area contributed by atoms with Gasteiger partial charge in [-0.3, -0.25) is 9.59 Å². The van der Waals surface area contributed by atoms with Crippen LogP contribution in [-0.4, -0.2) is 25.3 Å². The lowest BCUT2D eigenvalue weighted by molar-refractivity contribution is -0.112. The summed E-state index contributed by atoms with van der Waals surface area (Å²) in [6.07, 6.45) is 13.4. The molecule has 34 heavy (non-hydrogen) atoms. The Kier molecular flexibility index (Phi) is 12.0. The quantitative estimate of drug-likeness (QED) is 0.162. The monoisotopic (exact) mass is 464 g/mol. The van der Waals surface area contributed by atoms with Crippen molar-refractivity contribution in [3.63, 3.8) is 0 Å². The molecule has 0 saturated carbocycles. The van der Waals surface area contributed by atoms with Gasteiger partial charge in [0.1, 0.15) is 11.5 Å². The Balaban J connectivity index is 1.99. The lowest BCUT2D eigenvalue weighted by atomic mass is 10.1. The first-order valence-corrected chi connectivity index (χ1v) is 11.9. The number of allylic oxidation sites excluding steroid dienone is 2. The van der Waals surface area contributed by atoms with Crippen LogP contribution in [0, 0.1) is 0 Å². The number of hydrogen-bond acceptors (Lipinski definition) is 6. The zero-order valence-electron chi connectivity index (χ0n) is 20.4. The largest absolute Gasteiger partial charge is 0.497 e. The summed E-state index contributed by atoms with van der Waals surface area (Å²) in [6, 6.07) is 12.6. The highest BCUT2D eigenvalue weighted by molar-refractivity contribution is 6.04. The highest BCUT2D eigenvalue weighted by atomic mass is 16.5. The molecule has 2 rings (SSSR count).